The number of hydrogen-bond acceptors (Lipinski definition) is 5. The molecule has 1 saturated carbocycles. The van der Waals surface area contributed by atoms with Crippen molar-refractivity contribution in [2.45, 2.75) is 24.8 Å². The first-order valence-electron chi connectivity index (χ1n) is 6.69. The summed E-state index contributed by atoms with van der Waals surface area (Å²) in [5.41, 5.74) is 0.671. The Balaban J connectivity index is 1.49. The molecule has 6 nitrogen and oxygen atoms in total. The maximum absolute atomic E-state index is 13.7. The van der Waals surface area contributed by atoms with Gasteiger partial charge in [-0.3, -0.25) is 4.98 Å². The van der Waals surface area contributed by atoms with Crippen LogP contribution in [0.4, 0.5) is 4.39 Å². The minimum Gasteiger partial charge on any atom is -0.339 e. The van der Waals surface area contributed by atoms with Crippen molar-refractivity contribution in [3.05, 3.63) is 60.3 Å². The Morgan fingerprint density at radius 2 is 2.24 bits per heavy atom. The van der Waals surface area contributed by atoms with Gasteiger partial charge in [-0.05, 0) is 24.0 Å². The average molecular weight is 285 g/mol. The van der Waals surface area contributed by atoms with Gasteiger partial charge in [0.2, 0.25) is 5.89 Å². The van der Waals surface area contributed by atoms with Crippen molar-refractivity contribution in [3.63, 3.8) is 0 Å². The van der Waals surface area contributed by atoms with E-state index in [0.717, 1.165) is 6.42 Å². The molecule has 4 rings (SSSR count). The third-order valence-electron chi connectivity index (χ3n) is 3.68. The van der Waals surface area contributed by atoms with Crippen LogP contribution in [-0.2, 0) is 6.54 Å². The Kier molecular flexibility index (Phi) is 2.77. The fourth-order valence-corrected chi connectivity index (χ4v) is 2.52. The summed E-state index contributed by atoms with van der Waals surface area (Å²) in [6, 6.07) is 1.71. The van der Waals surface area contributed by atoms with Crippen molar-refractivity contribution in [3.8, 4) is 0 Å². The number of pyridine rings is 1. The van der Waals surface area contributed by atoms with Gasteiger partial charge >= 0.3 is 0 Å². The second-order valence-electron chi connectivity index (χ2n) is 5.13. The van der Waals surface area contributed by atoms with Crippen molar-refractivity contribution >= 4 is 0 Å². The lowest BCUT2D eigenvalue weighted by atomic mass is 10.1. The first-order chi connectivity index (χ1) is 10.3. The molecule has 0 N–H and O–H groups in total. The predicted octanol–water partition coefficient (Wildman–Crippen LogP) is 2.12. The van der Waals surface area contributed by atoms with Gasteiger partial charge in [0.25, 0.3) is 0 Å². The van der Waals surface area contributed by atoms with E-state index in [1.807, 2.05) is 10.8 Å². The zero-order chi connectivity index (χ0) is 14.2. The number of halogens is 1. The standard InChI is InChI=1S/C14H12FN5O/c15-12-6-16-2-1-9(12)10-5-11(10)14-18-13(19-21-14)7-20-4-3-17-8-20/h1-4,6,8,10-11H,5,7H2/t10-,11+/m0/s1. The summed E-state index contributed by atoms with van der Waals surface area (Å²) in [6.07, 6.45) is 8.90. The molecule has 3 heterocycles. The summed E-state index contributed by atoms with van der Waals surface area (Å²) in [5, 5.41) is 3.96. The van der Waals surface area contributed by atoms with Crippen LogP contribution in [0.3, 0.4) is 0 Å². The largest absolute Gasteiger partial charge is 0.339 e. The van der Waals surface area contributed by atoms with E-state index < -0.39 is 0 Å². The van der Waals surface area contributed by atoms with E-state index in [1.165, 1.54) is 6.20 Å². The van der Waals surface area contributed by atoms with Gasteiger partial charge in [-0.1, -0.05) is 5.16 Å². The van der Waals surface area contributed by atoms with Crippen LogP contribution >= 0.6 is 0 Å². The minimum atomic E-state index is -0.275. The molecule has 0 unspecified atom stereocenters. The van der Waals surface area contributed by atoms with Gasteiger partial charge < -0.3 is 9.09 Å². The molecule has 0 saturated heterocycles. The number of rotatable bonds is 4. The molecule has 1 aliphatic carbocycles. The average Bonchev–Trinajstić information content (AvgIpc) is 2.89. The summed E-state index contributed by atoms with van der Waals surface area (Å²) in [5.74, 6) is 1.11. The Morgan fingerprint density at radius 1 is 1.29 bits per heavy atom. The summed E-state index contributed by atoms with van der Waals surface area (Å²) in [7, 11) is 0. The summed E-state index contributed by atoms with van der Waals surface area (Å²) < 4.78 is 20.8. The van der Waals surface area contributed by atoms with E-state index in [9.17, 15) is 4.39 Å². The third-order valence-corrected chi connectivity index (χ3v) is 3.68. The zero-order valence-electron chi connectivity index (χ0n) is 11.1. The van der Waals surface area contributed by atoms with Crippen molar-refractivity contribution < 1.29 is 8.91 Å². The third kappa shape index (κ3) is 2.31. The van der Waals surface area contributed by atoms with E-state index in [0.29, 0.717) is 23.8 Å². The lowest BCUT2D eigenvalue weighted by Crippen LogP contribution is -1.98. The predicted molar refractivity (Wildman–Crippen MR) is 69.9 cm³/mol. The SMILES string of the molecule is Fc1cnccc1[C@@H]1C[C@H]1c1nc(Cn2ccnc2)no1. The Hall–Kier alpha value is -2.57. The molecule has 3 aromatic heterocycles. The molecular formula is C14H12FN5O. The lowest BCUT2D eigenvalue weighted by molar-refractivity contribution is 0.371. The number of aromatic nitrogens is 5. The van der Waals surface area contributed by atoms with E-state index in [1.54, 1.807) is 24.8 Å². The minimum absolute atomic E-state index is 0.103. The van der Waals surface area contributed by atoms with Crippen molar-refractivity contribution in [2.75, 3.05) is 0 Å². The Morgan fingerprint density at radius 3 is 3.05 bits per heavy atom. The molecule has 1 fully saturated rings. The van der Waals surface area contributed by atoms with Gasteiger partial charge in [0.1, 0.15) is 5.82 Å². The van der Waals surface area contributed by atoms with Crippen molar-refractivity contribution in [1.82, 2.24) is 24.7 Å². The summed E-state index contributed by atoms with van der Waals surface area (Å²) in [4.78, 5) is 12.1. The second-order valence-corrected chi connectivity index (χ2v) is 5.13. The highest BCUT2D eigenvalue weighted by atomic mass is 19.1. The Bertz CT molecular complexity index is 754. The van der Waals surface area contributed by atoms with Gasteiger partial charge in [-0.25, -0.2) is 9.37 Å². The number of hydrogen-bond donors (Lipinski definition) is 0. The molecule has 0 spiro atoms. The highest BCUT2D eigenvalue weighted by Gasteiger charge is 2.45. The van der Waals surface area contributed by atoms with Crippen LogP contribution in [0.2, 0.25) is 0 Å². The van der Waals surface area contributed by atoms with E-state index in [2.05, 4.69) is 20.1 Å². The summed E-state index contributed by atoms with van der Waals surface area (Å²) in [6.45, 7) is 0.518. The van der Waals surface area contributed by atoms with Crippen LogP contribution in [-0.4, -0.2) is 24.7 Å². The van der Waals surface area contributed by atoms with E-state index in [-0.39, 0.29) is 17.7 Å². The maximum Gasteiger partial charge on any atom is 0.230 e. The summed E-state index contributed by atoms with van der Waals surface area (Å²) >= 11 is 0. The molecule has 2 atom stereocenters. The fraction of sp³-hybridized carbons (Fsp3) is 0.286. The second kappa shape index (κ2) is 4.76. The molecule has 7 heteroatoms. The molecule has 0 aromatic carbocycles. The van der Waals surface area contributed by atoms with Gasteiger partial charge in [-0.2, -0.15) is 4.98 Å². The fourth-order valence-electron chi connectivity index (χ4n) is 2.52. The maximum atomic E-state index is 13.7. The van der Waals surface area contributed by atoms with Crippen LogP contribution in [0, 0.1) is 5.82 Å². The van der Waals surface area contributed by atoms with Crippen molar-refractivity contribution in [2.24, 2.45) is 0 Å². The monoisotopic (exact) mass is 285 g/mol. The zero-order valence-corrected chi connectivity index (χ0v) is 11.1. The molecule has 0 amide bonds. The first kappa shape index (κ1) is 12.2. The van der Waals surface area contributed by atoms with Gasteiger partial charge in [-0.15, -0.1) is 0 Å². The van der Waals surface area contributed by atoms with Crippen LogP contribution in [0.1, 0.15) is 35.5 Å². The molecule has 0 bridgehead atoms. The van der Waals surface area contributed by atoms with Crippen LogP contribution in [0.15, 0.2) is 41.7 Å². The lowest BCUT2D eigenvalue weighted by Gasteiger charge is -1.98. The first-order valence-corrected chi connectivity index (χ1v) is 6.69. The van der Waals surface area contributed by atoms with Gasteiger partial charge in [0.15, 0.2) is 5.82 Å². The molecule has 3 aromatic rings. The van der Waals surface area contributed by atoms with Crippen LogP contribution < -0.4 is 0 Å². The normalized spacial score (nSPS) is 20.6. The van der Waals surface area contributed by atoms with Gasteiger partial charge in [0, 0.05) is 24.5 Å². The van der Waals surface area contributed by atoms with Crippen LogP contribution in [0.5, 0.6) is 0 Å². The van der Waals surface area contributed by atoms with Crippen molar-refractivity contribution in [1.29, 1.82) is 0 Å². The quantitative estimate of drug-likeness (QED) is 0.734. The molecule has 1 aliphatic rings. The highest BCUT2D eigenvalue weighted by Crippen LogP contribution is 2.54. The van der Waals surface area contributed by atoms with E-state index >= 15 is 0 Å². The molecule has 21 heavy (non-hydrogen) atoms. The van der Waals surface area contributed by atoms with Gasteiger partial charge in [0.05, 0.1) is 19.1 Å². The smallest absolute Gasteiger partial charge is 0.230 e. The Labute approximate surface area is 119 Å². The number of nitrogens with zero attached hydrogens (tertiary/aromatic N) is 5. The molecular weight excluding hydrogens is 273 g/mol. The molecule has 106 valence electrons. The number of imidazole rings is 1. The topological polar surface area (TPSA) is 69.6 Å². The molecule has 0 radical (unpaired) electrons. The van der Waals surface area contributed by atoms with E-state index in [4.69, 9.17) is 4.52 Å². The highest BCUT2D eigenvalue weighted by molar-refractivity contribution is 5.30. The molecule has 0 aliphatic heterocycles. The van der Waals surface area contributed by atoms with Crippen LogP contribution in [0.25, 0.3) is 0 Å².